The number of carbonyl (C=O) groups excluding carboxylic acids is 2. The van der Waals surface area contributed by atoms with Gasteiger partial charge in [0, 0.05) is 11.4 Å². The summed E-state index contributed by atoms with van der Waals surface area (Å²) in [5.74, 6) is -1.71. The van der Waals surface area contributed by atoms with Gasteiger partial charge in [-0.25, -0.2) is 0 Å². The molecule has 0 radical (unpaired) electrons. The highest BCUT2D eigenvalue weighted by atomic mass is 35.5. The van der Waals surface area contributed by atoms with Crippen molar-refractivity contribution in [3.63, 3.8) is 0 Å². The van der Waals surface area contributed by atoms with Crippen molar-refractivity contribution in [1.82, 2.24) is 0 Å². The molecule has 0 aliphatic rings. The molecule has 110 valence electrons. The Hall–Kier alpha value is -3.04. The Labute approximate surface area is 131 Å². The van der Waals surface area contributed by atoms with Crippen molar-refractivity contribution >= 4 is 40.5 Å². The van der Waals surface area contributed by atoms with E-state index in [-0.39, 0.29) is 10.7 Å². The molecule has 0 heterocycles. The van der Waals surface area contributed by atoms with Crippen LogP contribution in [0.25, 0.3) is 0 Å². The van der Waals surface area contributed by atoms with Crippen molar-refractivity contribution in [2.24, 2.45) is 0 Å². The van der Waals surface area contributed by atoms with Crippen molar-refractivity contribution < 1.29 is 9.59 Å². The second kappa shape index (κ2) is 6.61. The number of nitrogens with two attached hydrogens (primary N) is 1. The van der Waals surface area contributed by atoms with Gasteiger partial charge >= 0.3 is 11.8 Å². The molecule has 0 aliphatic carbocycles. The van der Waals surface area contributed by atoms with Crippen molar-refractivity contribution in [1.29, 1.82) is 5.26 Å². The summed E-state index contributed by atoms with van der Waals surface area (Å²) in [4.78, 5) is 23.6. The molecule has 7 heteroatoms. The summed E-state index contributed by atoms with van der Waals surface area (Å²) in [6.45, 7) is 0. The first-order valence-corrected chi connectivity index (χ1v) is 6.55. The zero-order valence-corrected chi connectivity index (χ0v) is 12.0. The number of nitrogens with zero attached hydrogens (tertiary/aromatic N) is 1. The summed E-state index contributed by atoms with van der Waals surface area (Å²) in [6, 6.07) is 12.6. The fourth-order valence-corrected chi connectivity index (χ4v) is 1.86. The molecular formula is C15H11ClN4O2. The van der Waals surface area contributed by atoms with E-state index in [1.807, 2.05) is 6.07 Å². The Morgan fingerprint density at radius 3 is 2.27 bits per heavy atom. The van der Waals surface area contributed by atoms with Gasteiger partial charge in [-0.2, -0.15) is 5.26 Å². The number of carbonyl (C=O) groups is 2. The molecule has 2 rings (SSSR count). The summed E-state index contributed by atoms with van der Waals surface area (Å²) in [7, 11) is 0. The zero-order chi connectivity index (χ0) is 16.1. The number of benzene rings is 2. The van der Waals surface area contributed by atoms with Crippen molar-refractivity contribution in [2.45, 2.75) is 0 Å². The van der Waals surface area contributed by atoms with Gasteiger partial charge in [0.1, 0.15) is 0 Å². The van der Waals surface area contributed by atoms with Gasteiger partial charge in [0.15, 0.2) is 0 Å². The lowest BCUT2D eigenvalue weighted by molar-refractivity contribution is -0.132. The highest BCUT2D eigenvalue weighted by Gasteiger charge is 2.15. The van der Waals surface area contributed by atoms with Crippen LogP contribution in [0.3, 0.4) is 0 Å². The molecule has 2 aromatic carbocycles. The molecule has 0 aliphatic heterocycles. The van der Waals surface area contributed by atoms with Gasteiger partial charge in [0.05, 0.1) is 22.3 Å². The number of hydrogen-bond donors (Lipinski definition) is 3. The molecule has 0 saturated carbocycles. The van der Waals surface area contributed by atoms with Crippen LogP contribution in [0, 0.1) is 11.3 Å². The number of nitriles is 1. The normalized spacial score (nSPS) is 9.64. The van der Waals surface area contributed by atoms with Crippen LogP contribution in [-0.4, -0.2) is 11.8 Å². The number of hydrogen-bond acceptors (Lipinski definition) is 4. The van der Waals surface area contributed by atoms with Crippen LogP contribution in [0.1, 0.15) is 5.56 Å². The maximum atomic E-state index is 11.8. The predicted octanol–water partition coefficient (Wildman–Crippen LogP) is 2.37. The number of nitrogens with one attached hydrogen (secondary N) is 2. The smallest absolute Gasteiger partial charge is 0.314 e. The van der Waals surface area contributed by atoms with Crippen LogP contribution in [0.4, 0.5) is 17.1 Å². The van der Waals surface area contributed by atoms with Gasteiger partial charge in [-0.05, 0) is 42.5 Å². The Morgan fingerprint density at radius 1 is 1.05 bits per heavy atom. The molecule has 2 amide bonds. The van der Waals surface area contributed by atoms with Gasteiger partial charge in [0.2, 0.25) is 0 Å². The minimum atomic E-state index is -0.865. The summed E-state index contributed by atoms with van der Waals surface area (Å²) in [6.07, 6.45) is 0. The van der Waals surface area contributed by atoms with Crippen LogP contribution in [0.2, 0.25) is 5.02 Å². The molecule has 2 aromatic rings. The van der Waals surface area contributed by atoms with Crippen LogP contribution < -0.4 is 16.4 Å². The molecule has 22 heavy (non-hydrogen) atoms. The van der Waals surface area contributed by atoms with E-state index >= 15 is 0 Å². The van der Waals surface area contributed by atoms with Gasteiger partial charge < -0.3 is 16.4 Å². The van der Waals surface area contributed by atoms with E-state index in [1.165, 1.54) is 36.4 Å². The Balaban J connectivity index is 2.02. The lowest BCUT2D eigenvalue weighted by atomic mass is 10.2. The SMILES string of the molecule is N#Cc1ccc(NC(=O)C(=O)Nc2ccc(N)cc2Cl)cc1. The molecule has 0 spiro atoms. The van der Waals surface area contributed by atoms with Crippen molar-refractivity contribution in [3.8, 4) is 6.07 Å². The number of nitrogen functional groups attached to an aromatic ring is 1. The molecule has 0 aromatic heterocycles. The average molecular weight is 315 g/mol. The first-order chi connectivity index (χ1) is 10.5. The third kappa shape index (κ3) is 3.75. The highest BCUT2D eigenvalue weighted by molar-refractivity contribution is 6.44. The molecule has 4 N–H and O–H groups in total. The van der Waals surface area contributed by atoms with E-state index in [0.717, 1.165) is 0 Å². The quantitative estimate of drug-likeness (QED) is 0.584. The second-order valence-corrected chi connectivity index (χ2v) is 4.74. The van der Waals surface area contributed by atoms with Gasteiger partial charge in [-0.15, -0.1) is 0 Å². The van der Waals surface area contributed by atoms with Crippen LogP contribution in [0.15, 0.2) is 42.5 Å². The number of rotatable bonds is 2. The molecular weight excluding hydrogens is 304 g/mol. The maximum absolute atomic E-state index is 11.8. The lowest BCUT2D eigenvalue weighted by Gasteiger charge is -2.08. The van der Waals surface area contributed by atoms with E-state index in [1.54, 1.807) is 6.07 Å². The fraction of sp³-hybridized carbons (Fsp3) is 0. The topological polar surface area (TPSA) is 108 Å². The maximum Gasteiger partial charge on any atom is 0.314 e. The highest BCUT2D eigenvalue weighted by Crippen LogP contribution is 2.23. The fourth-order valence-electron chi connectivity index (χ4n) is 1.63. The van der Waals surface area contributed by atoms with E-state index in [9.17, 15) is 9.59 Å². The number of halogens is 1. The molecule has 0 fully saturated rings. The third-order valence-electron chi connectivity index (χ3n) is 2.72. The standard InChI is InChI=1S/C15H11ClN4O2/c16-12-7-10(18)3-6-13(12)20-15(22)14(21)19-11-4-1-9(8-17)2-5-11/h1-7H,18H2,(H,19,21)(H,20,22). The van der Waals surface area contributed by atoms with E-state index < -0.39 is 11.8 Å². The van der Waals surface area contributed by atoms with Crippen LogP contribution >= 0.6 is 11.6 Å². The van der Waals surface area contributed by atoms with Crippen molar-refractivity contribution in [2.75, 3.05) is 16.4 Å². The van der Waals surface area contributed by atoms with Crippen LogP contribution in [0.5, 0.6) is 0 Å². The summed E-state index contributed by atoms with van der Waals surface area (Å²) >= 11 is 5.91. The van der Waals surface area contributed by atoms with Gasteiger partial charge in [0.25, 0.3) is 0 Å². The minimum absolute atomic E-state index is 0.236. The molecule has 0 bridgehead atoms. The Kier molecular flexibility index (Phi) is 4.61. The zero-order valence-electron chi connectivity index (χ0n) is 11.3. The molecule has 6 nitrogen and oxygen atoms in total. The molecule has 0 atom stereocenters. The minimum Gasteiger partial charge on any atom is -0.399 e. The molecule has 0 unspecified atom stereocenters. The van der Waals surface area contributed by atoms with Gasteiger partial charge in [-0.3, -0.25) is 9.59 Å². The van der Waals surface area contributed by atoms with E-state index in [0.29, 0.717) is 16.9 Å². The summed E-state index contributed by atoms with van der Waals surface area (Å²) in [5.41, 5.74) is 7.14. The second-order valence-electron chi connectivity index (χ2n) is 4.34. The lowest BCUT2D eigenvalue weighted by Crippen LogP contribution is -2.29. The Morgan fingerprint density at radius 2 is 1.68 bits per heavy atom. The first kappa shape index (κ1) is 15.4. The average Bonchev–Trinajstić information content (AvgIpc) is 2.50. The first-order valence-electron chi connectivity index (χ1n) is 6.17. The third-order valence-corrected chi connectivity index (χ3v) is 3.03. The monoisotopic (exact) mass is 314 g/mol. The summed E-state index contributed by atoms with van der Waals surface area (Å²) in [5, 5.41) is 13.7. The van der Waals surface area contributed by atoms with Crippen molar-refractivity contribution in [3.05, 3.63) is 53.1 Å². The predicted molar refractivity (Wildman–Crippen MR) is 84.3 cm³/mol. The van der Waals surface area contributed by atoms with E-state index in [2.05, 4.69) is 10.6 Å². The number of amides is 2. The number of anilines is 3. The Bertz CT molecular complexity index is 766. The van der Waals surface area contributed by atoms with E-state index in [4.69, 9.17) is 22.6 Å². The van der Waals surface area contributed by atoms with Gasteiger partial charge in [-0.1, -0.05) is 11.6 Å². The molecule has 0 saturated heterocycles. The largest absolute Gasteiger partial charge is 0.399 e. The van der Waals surface area contributed by atoms with Crippen LogP contribution in [-0.2, 0) is 9.59 Å². The summed E-state index contributed by atoms with van der Waals surface area (Å²) < 4.78 is 0.